The highest BCUT2D eigenvalue weighted by atomic mass is 32.2. The van der Waals surface area contributed by atoms with Crippen LogP contribution in [0.1, 0.15) is 52.8 Å². The van der Waals surface area contributed by atoms with Crippen LogP contribution in [0.15, 0.2) is 41.6 Å². The van der Waals surface area contributed by atoms with Crippen molar-refractivity contribution in [2.24, 2.45) is 13.0 Å². The summed E-state index contributed by atoms with van der Waals surface area (Å²) < 4.78 is 6.99. The third-order valence-corrected chi connectivity index (χ3v) is 6.75. The number of ether oxygens (including phenoxy) is 1. The Morgan fingerprint density at radius 3 is 2.26 bits per heavy atom. The number of aryl methyl sites for hydroxylation is 3. The maximum absolute atomic E-state index is 12.8. The van der Waals surface area contributed by atoms with Crippen molar-refractivity contribution >= 4 is 29.3 Å². The maximum atomic E-state index is 12.8. The van der Waals surface area contributed by atoms with Crippen molar-refractivity contribution in [2.75, 3.05) is 18.2 Å². The van der Waals surface area contributed by atoms with E-state index in [0.29, 0.717) is 22.3 Å². The zero-order chi connectivity index (χ0) is 25.7. The summed E-state index contributed by atoms with van der Waals surface area (Å²) in [5, 5.41) is 15.3. The molecule has 186 valence electrons. The number of aromatic nitrogens is 3. The Hall–Kier alpha value is -3.33. The van der Waals surface area contributed by atoms with Gasteiger partial charge in [0.15, 0.2) is 11.0 Å². The number of anilines is 1. The summed E-state index contributed by atoms with van der Waals surface area (Å²) >= 11 is 1.31. The van der Waals surface area contributed by atoms with Crippen LogP contribution in [0.2, 0.25) is 0 Å². The van der Waals surface area contributed by atoms with E-state index in [-0.39, 0.29) is 29.5 Å². The third-order valence-electron chi connectivity index (χ3n) is 5.73. The summed E-state index contributed by atoms with van der Waals surface area (Å²) in [6.07, 6.45) is 0. The fourth-order valence-corrected chi connectivity index (χ4v) is 4.62. The molecule has 0 radical (unpaired) electrons. The molecule has 0 saturated heterocycles. The van der Waals surface area contributed by atoms with Crippen molar-refractivity contribution in [2.45, 2.75) is 45.8 Å². The topological polar surface area (TPSA) is 98.1 Å². The fourth-order valence-electron chi connectivity index (χ4n) is 3.90. The number of rotatable bonds is 9. The standard InChI is InChI=1S/C26H33N5O3S/c1-15(2)22(28-25(33)19-8-10-20(34-7)11-9-19)24-29-30-26(31(24)6)35-14-21(32)27-23-17(4)12-16(3)13-18(23)5/h8-13,15,22H,14H2,1-7H3,(H,27,32)(H,28,33)/t22-/m1/s1. The summed E-state index contributed by atoms with van der Waals surface area (Å²) in [5.41, 5.74) is 4.62. The summed E-state index contributed by atoms with van der Waals surface area (Å²) in [4.78, 5) is 25.5. The average molecular weight is 496 g/mol. The number of carbonyl (C=O) groups excluding carboxylic acids is 2. The number of benzene rings is 2. The lowest BCUT2D eigenvalue weighted by molar-refractivity contribution is -0.113. The van der Waals surface area contributed by atoms with Crippen LogP contribution in [0.5, 0.6) is 5.75 Å². The van der Waals surface area contributed by atoms with Crippen LogP contribution in [0.25, 0.3) is 0 Å². The highest BCUT2D eigenvalue weighted by Gasteiger charge is 2.25. The Balaban J connectivity index is 1.67. The van der Waals surface area contributed by atoms with Crippen molar-refractivity contribution in [1.29, 1.82) is 0 Å². The SMILES string of the molecule is COc1ccc(C(=O)N[C@@H](c2nnc(SCC(=O)Nc3c(C)cc(C)cc3C)n2C)C(C)C)cc1. The quantitative estimate of drug-likeness (QED) is 0.421. The number of nitrogens with one attached hydrogen (secondary N) is 2. The molecule has 8 nitrogen and oxygen atoms in total. The number of hydrogen-bond donors (Lipinski definition) is 2. The first-order valence-electron chi connectivity index (χ1n) is 11.5. The molecule has 2 N–H and O–H groups in total. The van der Waals surface area contributed by atoms with Gasteiger partial charge in [-0.15, -0.1) is 10.2 Å². The van der Waals surface area contributed by atoms with E-state index in [2.05, 4.69) is 33.0 Å². The smallest absolute Gasteiger partial charge is 0.251 e. The zero-order valence-electron chi connectivity index (χ0n) is 21.3. The lowest BCUT2D eigenvalue weighted by Crippen LogP contribution is -2.33. The van der Waals surface area contributed by atoms with E-state index in [1.54, 1.807) is 31.4 Å². The van der Waals surface area contributed by atoms with Gasteiger partial charge >= 0.3 is 0 Å². The number of nitrogens with zero attached hydrogens (tertiary/aromatic N) is 3. The third kappa shape index (κ3) is 6.42. The molecular weight excluding hydrogens is 462 g/mol. The second-order valence-corrected chi connectivity index (χ2v) is 9.88. The first-order valence-corrected chi connectivity index (χ1v) is 12.4. The minimum atomic E-state index is -0.344. The van der Waals surface area contributed by atoms with Gasteiger partial charge in [-0.05, 0) is 62.1 Å². The minimum absolute atomic E-state index is 0.0775. The van der Waals surface area contributed by atoms with Gasteiger partial charge in [0.2, 0.25) is 5.91 Å². The summed E-state index contributed by atoms with van der Waals surface area (Å²) in [7, 11) is 3.43. The lowest BCUT2D eigenvalue weighted by atomic mass is 10.0. The number of carbonyl (C=O) groups is 2. The van der Waals surface area contributed by atoms with Crippen LogP contribution < -0.4 is 15.4 Å². The van der Waals surface area contributed by atoms with E-state index >= 15 is 0 Å². The van der Waals surface area contributed by atoms with Crippen molar-refractivity contribution in [3.05, 3.63) is 64.5 Å². The van der Waals surface area contributed by atoms with Crippen LogP contribution >= 0.6 is 11.8 Å². The van der Waals surface area contributed by atoms with Crippen LogP contribution in [-0.4, -0.2) is 39.4 Å². The molecule has 0 bridgehead atoms. The molecular formula is C26H33N5O3S. The zero-order valence-corrected chi connectivity index (χ0v) is 22.1. The Bertz CT molecular complexity index is 1180. The summed E-state index contributed by atoms with van der Waals surface area (Å²) in [5.74, 6) is 1.29. The molecule has 3 rings (SSSR count). The Labute approximate surface area is 210 Å². The van der Waals surface area contributed by atoms with Crippen molar-refractivity contribution in [1.82, 2.24) is 20.1 Å². The summed E-state index contributed by atoms with van der Waals surface area (Å²) in [6, 6.07) is 10.7. The van der Waals surface area contributed by atoms with Gasteiger partial charge in [-0.25, -0.2) is 0 Å². The lowest BCUT2D eigenvalue weighted by Gasteiger charge is -2.21. The molecule has 1 atom stereocenters. The highest BCUT2D eigenvalue weighted by molar-refractivity contribution is 7.99. The van der Waals surface area contributed by atoms with Crippen molar-refractivity contribution < 1.29 is 14.3 Å². The van der Waals surface area contributed by atoms with Crippen LogP contribution in [-0.2, 0) is 11.8 Å². The van der Waals surface area contributed by atoms with Gasteiger partial charge in [0.1, 0.15) is 5.75 Å². The molecule has 3 aromatic rings. The molecule has 0 aliphatic carbocycles. The van der Waals surface area contributed by atoms with E-state index in [9.17, 15) is 9.59 Å². The molecule has 9 heteroatoms. The molecule has 2 amide bonds. The van der Waals surface area contributed by atoms with Crippen LogP contribution in [0.4, 0.5) is 5.69 Å². The Morgan fingerprint density at radius 2 is 1.69 bits per heavy atom. The molecule has 2 aromatic carbocycles. The minimum Gasteiger partial charge on any atom is -0.497 e. The maximum Gasteiger partial charge on any atom is 0.251 e. The molecule has 0 fully saturated rings. The Kier molecular flexibility index (Phi) is 8.56. The van der Waals surface area contributed by atoms with E-state index in [0.717, 1.165) is 22.4 Å². The first kappa shape index (κ1) is 26.3. The van der Waals surface area contributed by atoms with Gasteiger partial charge < -0.3 is 19.9 Å². The van der Waals surface area contributed by atoms with Crippen LogP contribution in [0.3, 0.4) is 0 Å². The predicted octanol–water partition coefficient (Wildman–Crippen LogP) is 4.61. The molecule has 0 unspecified atom stereocenters. The number of methoxy groups -OCH3 is 1. The molecule has 0 saturated carbocycles. The van der Waals surface area contributed by atoms with Gasteiger partial charge in [0.05, 0.1) is 18.9 Å². The highest BCUT2D eigenvalue weighted by Crippen LogP contribution is 2.26. The van der Waals surface area contributed by atoms with Gasteiger partial charge in [-0.1, -0.05) is 43.3 Å². The van der Waals surface area contributed by atoms with E-state index in [1.807, 2.05) is 46.2 Å². The average Bonchev–Trinajstić information content (AvgIpc) is 3.17. The van der Waals surface area contributed by atoms with Gasteiger partial charge in [0.25, 0.3) is 5.91 Å². The molecule has 0 aliphatic rings. The second kappa shape index (κ2) is 11.4. The molecule has 1 heterocycles. The molecule has 0 spiro atoms. The fraction of sp³-hybridized carbons (Fsp3) is 0.385. The molecule has 1 aromatic heterocycles. The van der Waals surface area contributed by atoms with Gasteiger partial charge in [0, 0.05) is 18.3 Å². The monoisotopic (exact) mass is 495 g/mol. The first-order chi connectivity index (χ1) is 16.6. The Morgan fingerprint density at radius 1 is 1.06 bits per heavy atom. The van der Waals surface area contributed by atoms with Gasteiger partial charge in [-0.2, -0.15) is 0 Å². The number of hydrogen-bond acceptors (Lipinski definition) is 6. The van der Waals surface area contributed by atoms with E-state index in [1.165, 1.54) is 11.8 Å². The largest absolute Gasteiger partial charge is 0.497 e. The molecule has 0 aliphatic heterocycles. The molecule has 35 heavy (non-hydrogen) atoms. The normalized spacial score (nSPS) is 11.9. The summed E-state index contributed by atoms with van der Waals surface area (Å²) in [6.45, 7) is 10.0. The van der Waals surface area contributed by atoms with Crippen molar-refractivity contribution in [3.8, 4) is 5.75 Å². The number of amides is 2. The second-order valence-electron chi connectivity index (χ2n) is 8.93. The van der Waals surface area contributed by atoms with Gasteiger partial charge in [-0.3, -0.25) is 9.59 Å². The van der Waals surface area contributed by atoms with Crippen molar-refractivity contribution in [3.63, 3.8) is 0 Å². The van der Waals surface area contributed by atoms with E-state index < -0.39 is 0 Å². The number of thioether (sulfide) groups is 1. The van der Waals surface area contributed by atoms with Crippen LogP contribution in [0, 0.1) is 26.7 Å². The predicted molar refractivity (Wildman–Crippen MR) is 139 cm³/mol. The van der Waals surface area contributed by atoms with E-state index in [4.69, 9.17) is 4.74 Å².